The summed E-state index contributed by atoms with van der Waals surface area (Å²) in [5.41, 5.74) is 1.22. The van der Waals surface area contributed by atoms with E-state index in [1.165, 1.54) is 82.6 Å². The zero-order valence-electron chi connectivity index (χ0n) is 19.0. The van der Waals surface area contributed by atoms with E-state index in [2.05, 4.69) is 6.92 Å². The topological polar surface area (TPSA) is 55.8 Å². The van der Waals surface area contributed by atoms with Gasteiger partial charge in [-0.05, 0) is 42.7 Å². The molecule has 2 aromatic rings. The average Bonchev–Trinajstić information content (AvgIpc) is 2.76. The second kappa shape index (κ2) is 15.1. The Morgan fingerprint density at radius 1 is 0.645 bits per heavy atom. The standard InChI is InChI=1S/C26H39O4P/c1-2-3-4-5-6-7-8-9-10-11-12-14-17-24-20-22-26(23-21-24)30-31(27,28)29-25-18-15-13-16-19-25/h13,15-16,18-23H,2-12,14,17H2,1H3,(H,27,28). The van der Waals surface area contributed by atoms with Gasteiger partial charge in [-0.15, -0.1) is 0 Å². The lowest BCUT2D eigenvalue weighted by Crippen LogP contribution is -1.99. The van der Waals surface area contributed by atoms with Crippen LogP contribution in [-0.2, 0) is 11.0 Å². The second-order valence-corrected chi connectivity index (χ2v) is 9.55. The molecule has 0 aliphatic heterocycles. The third-order valence-corrected chi connectivity index (χ3v) is 6.31. The summed E-state index contributed by atoms with van der Waals surface area (Å²) in [6, 6.07) is 15.9. The first-order valence-corrected chi connectivity index (χ1v) is 13.4. The van der Waals surface area contributed by atoms with Gasteiger partial charge < -0.3 is 9.05 Å². The molecular weight excluding hydrogens is 407 g/mol. The van der Waals surface area contributed by atoms with Crippen molar-refractivity contribution in [3.63, 3.8) is 0 Å². The summed E-state index contributed by atoms with van der Waals surface area (Å²) < 4.78 is 22.4. The number of hydrogen-bond acceptors (Lipinski definition) is 3. The molecule has 2 rings (SSSR count). The van der Waals surface area contributed by atoms with Crippen LogP contribution in [0.15, 0.2) is 54.6 Å². The first-order valence-electron chi connectivity index (χ1n) is 11.9. The Balaban J connectivity index is 1.54. The number of hydrogen-bond donors (Lipinski definition) is 1. The van der Waals surface area contributed by atoms with Gasteiger partial charge in [-0.25, -0.2) is 4.57 Å². The fourth-order valence-corrected chi connectivity index (χ4v) is 4.47. The quantitative estimate of drug-likeness (QED) is 0.195. The van der Waals surface area contributed by atoms with E-state index in [1.54, 1.807) is 36.4 Å². The molecule has 0 heterocycles. The van der Waals surface area contributed by atoms with Crippen molar-refractivity contribution in [2.24, 2.45) is 0 Å². The van der Waals surface area contributed by atoms with Crippen LogP contribution >= 0.6 is 7.82 Å². The van der Waals surface area contributed by atoms with Crippen molar-refractivity contribution in [1.82, 2.24) is 0 Å². The SMILES string of the molecule is CCCCCCCCCCCCCCc1ccc(OP(=O)(O)Oc2ccccc2)cc1. The summed E-state index contributed by atoms with van der Waals surface area (Å²) >= 11 is 0. The molecule has 0 fully saturated rings. The van der Waals surface area contributed by atoms with E-state index in [4.69, 9.17) is 9.05 Å². The maximum Gasteiger partial charge on any atom is 0.584 e. The largest absolute Gasteiger partial charge is 0.584 e. The molecule has 1 N–H and O–H groups in total. The zero-order valence-corrected chi connectivity index (χ0v) is 19.9. The number of aryl methyl sites for hydroxylation is 1. The van der Waals surface area contributed by atoms with Crippen molar-refractivity contribution in [3.8, 4) is 11.5 Å². The van der Waals surface area contributed by atoms with Crippen molar-refractivity contribution < 1.29 is 18.5 Å². The van der Waals surface area contributed by atoms with Gasteiger partial charge in [0, 0.05) is 0 Å². The molecule has 0 saturated heterocycles. The average molecular weight is 447 g/mol. The first kappa shape index (κ1) is 25.5. The Bertz CT molecular complexity index is 746. The van der Waals surface area contributed by atoms with E-state index in [0.29, 0.717) is 11.5 Å². The van der Waals surface area contributed by atoms with Gasteiger partial charge in [0.2, 0.25) is 0 Å². The molecule has 4 nitrogen and oxygen atoms in total. The molecule has 0 radical (unpaired) electrons. The predicted molar refractivity (Wildman–Crippen MR) is 129 cm³/mol. The lowest BCUT2D eigenvalue weighted by atomic mass is 10.0. The van der Waals surface area contributed by atoms with Crippen LogP contribution in [0, 0.1) is 0 Å². The number of phosphoric acid groups is 1. The van der Waals surface area contributed by atoms with Crippen LogP contribution in [0.4, 0.5) is 0 Å². The lowest BCUT2D eigenvalue weighted by molar-refractivity contribution is 0.291. The fourth-order valence-electron chi connectivity index (χ4n) is 3.65. The molecule has 31 heavy (non-hydrogen) atoms. The van der Waals surface area contributed by atoms with Gasteiger partial charge in [0.15, 0.2) is 0 Å². The molecule has 0 aliphatic rings. The summed E-state index contributed by atoms with van der Waals surface area (Å²) in [6.07, 6.45) is 17.2. The predicted octanol–water partition coefficient (Wildman–Crippen LogP) is 8.49. The van der Waals surface area contributed by atoms with Gasteiger partial charge >= 0.3 is 7.82 Å². The van der Waals surface area contributed by atoms with Crippen molar-refractivity contribution in [2.75, 3.05) is 0 Å². The highest BCUT2D eigenvalue weighted by molar-refractivity contribution is 7.48. The fraction of sp³-hybridized carbons (Fsp3) is 0.538. The van der Waals surface area contributed by atoms with E-state index >= 15 is 0 Å². The molecule has 0 spiro atoms. The van der Waals surface area contributed by atoms with Crippen LogP contribution in [0.25, 0.3) is 0 Å². The van der Waals surface area contributed by atoms with E-state index < -0.39 is 7.82 Å². The monoisotopic (exact) mass is 446 g/mol. The highest BCUT2D eigenvalue weighted by atomic mass is 31.2. The van der Waals surface area contributed by atoms with Crippen LogP contribution in [-0.4, -0.2) is 4.89 Å². The van der Waals surface area contributed by atoms with Crippen LogP contribution in [0.5, 0.6) is 11.5 Å². The summed E-state index contributed by atoms with van der Waals surface area (Å²) in [6.45, 7) is 2.27. The Morgan fingerprint density at radius 2 is 1.10 bits per heavy atom. The molecule has 172 valence electrons. The number of phosphoric ester groups is 1. The van der Waals surface area contributed by atoms with Crippen molar-refractivity contribution in [1.29, 1.82) is 0 Å². The van der Waals surface area contributed by atoms with Crippen LogP contribution in [0.2, 0.25) is 0 Å². The third-order valence-electron chi connectivity index (χ3n) is 5.43. The molecule has 1 atom stereocenters. The number of rotatable bonds is 17. The molecule has 5 heteroatoms. The van der Waals surface area contributed by atoms with Gasteiger partial charge in [-0.2, -0.15) is 0 Å². The second-order valence-electron chi connectivity index (χ2n) is 8.25. The van der Waals surface area contributed by atoms with Crippen LogP contribution < -0.4 is 9.05 Å². The van der Waals surface area contributed by atoms with Crippen molar-refractivity contribution in [3.05, 3.63) is 60.2 Å². The zero-order chi connectivity index (χ0) is 22.2. The summed E-state index contributed by atoms with van der Waals surface area (Å²) in [5.74, 6) is 0.636. The normalized spacial score (nSPS) is 13.0. The Labute approximate surface area is 188 Å². The highest BCUT2D eigenvalue weighted by Crippen LogP contribution is 2.44. The van der Waals surface area contributed by atoms with Crippen molar-refractivity contribution in [2.45, 2.75) is 90.4 Å². The maximum atomic E-state index is 12.1. The van der Waals surface area contributed by atoms with Gasteiger partial charge in [-0.3, -0.25) is 4.89 Å². The molecule has 0 aromatic heterocycles. The minimum absolute atomic E-state index is 0.303. The van der Waals surface area contributed by atoms with Crippen LogP contribution in [0.3, 0.4) is 0 Å². The third kappa shape index (κ3) is 12.0. The van der Waals surface area contributed by atoms with E-state index in [1.807, 2.05) is 18.2 Å². The minimum Gasteiger partial charge on any atom is -0.395 e. The van der Waals surface area contributed by atoms with Crippen LogP contribution in [0.1, 0.15) is 89.5 Å². The minimum atomic E-state index is -4.20. The molecule has 0 aliphatic carbocycles. The number of unbranched alkanes of at least 4 members (excludes halogenated alkanes) is 11. The van der Waals surface area contributed by atoms with Gasteiger partial charge in [0.25, 0.3) is 0 Å². The molecule has 1 unspecified atom stereocenters. The lowest BCUT2D eigenvalue weighted by Gasteiger charge is -2.14. The summed E-state index contributed by atoms with van der Waals surface area (Å²) in [5, 5.41) is 0. The van der Waals surface area contributed by atoms with Gasteiger partial charge in [0.1, 0.15) is 11.5 Å². The van der Waals surface area contributed by atoms with E-state index in [9.17, 15) is 9.46 Å². The Morgan fingerprint density at radius 3 is 1.61 bits per heavy atom. The number of benzene rings is 2. The Kier molecular flexibility index (Phi) is 12.4. The Hall–Kier alpha value is -1.77. The van der Waals surface area contributed by atoms with E-state index in [-0.39, 0.29) is 0 Å². The summed E-state index contributed by atoms with van der Waals surface area (Å²) in [7, 11) is -4.20. The number of para-hydroxylation sites is 1. The van der Waals surface area contributed by atoms with E-state index in [0.717, 1.165) is 6.42 Å². The molecule has 0 saturated carbocycles. The molecule has 2 aromatic carbocycles. The maximum absolute atomic E-state index is 12.1. The molecular formula is C26H39O4P. The van der Waals surface area contributed by atoms with Gasteiger partial charge in [0.05, 0.1) is 0 Å². The van der Waals surface area contributed by atoms with Crippen molar-refractivity contribution >= 4 is 7.82 Å². The first-order chi connectivity index (χ1) is 15.1. The smallest absolute Gasteiger partial charge is 0.395 e. The summed E-state index contributed by atoms with van der Waals surface area (Å²) in [4.78, 5) is 9.93. The van der Waals surface area contributed by atoms with Gasteiger partial charge in [-0.1, -0.05) is 108 Å². The highest BCUT2D eigenvalue weighted by Gasteiger charge is 2.24. The molecule has 0 bridgehead atoms. The molecule has 0 amide bonds.